The van der Waals surface area contributed by atoms with E-state index in [0.717, 1.165) is 35.1 Å². The van der Waals surface area contributed by atoms with E-state index in [2.05, 4.69) is 22.0 Å². The SMILES string of the molecule is CCCn1ncnc1CC(O)c1cncc2ccccc12. The first-order chi connectivity index (χ1) is 10.3. The highest BCUT2D eigenvalue weighted by atomic mass is 16.3. The van der Waals surface area contributed by atoms with Gasteiger partial charge >= 0.3 is 0 Å². The number of nitrogens with zero attached hydrogens (tertiary/aromatic N) is 4. The second-order valence-corrected chi connectivity index (χ2v) is 5.07. The molecule has 1 aromatic carbocycles. The minimum Gasteiger partial charge on any atom is -0.388 e. The Morgan fingerprint density at radius 3 is 2.95 bits per heavy atom. The van der Waals surface area contributed by atoms with Gasteiger partial charge in [0.1, 0.15) is 12.2 Å². The van der Waals surface area contributed by atoms with Gasteiger partial charge in [-0.25, -0.2) is 4.98 Å². The zero-order chi connectivity index (χ0) is 14.7. The number of hydrogen-bond acceptors (Lipinski definition) is 4. The van der Waals surface area contributed by atoms with Gasteiger partial charge in [0.15, 0.2) is 0 Å². The molecule has 0 aliphatic heterocycles. The second-order valence-electron chi connectivity index (χ2n) is 5.07. The van der Waals surface area contributed by atoms with Crippen molar-refractivity contribution >= 4 is 10.8 Å². The van der Waals surface area contributed by atoms with Crippen LogP contribution in [0.3, 0.4) is 0 Å². The Morgan fingerprint density at radius 2 is 2.10 bits per heavy atom. The monoisotopic (exact) mass is 282 g/mol. The van der Waals surface area contributed by atoms with Crippen molar-refractivity contribution in [1.82, 2.24) is 19.7 Å². The van der Waals surface area contributed by atoms with Crippen LogP contribution in [-0.2, 0) is 13.0 Å². The molecule has 0 saturated carbocycles. The number of rotatable bonds is 5. The predicted molar refractivity (Wildman–Crippen MR) is 80.7 cm³/mol. The smallest absolute Gasteiger partial charge is 0.138 e. The maximum Gasteiger partial charge on any atom is 0.138 e. The quantitative estimate of drug-likeness (QED) is 0.781. The summed E-state index contributed by atoms with van der Waals surface area (Å²) in [6.45, 7) is 2.91. The lowest BCUT2D eigenvalue weighted by molar-refractivity contribution is 0.175. The number of fused-ring (bicyclic) bond motifs is 1. The summed E-state index contributed by atoms with van der Waals surface area (Å²) in [6.07, 6.45) is 5.87. The van der Waals surface area contributed by atoms with Gasteiger partial charge < -0.3 is 5.11 Å². The summed E-state index contributed by atoms with van der Waals surface area (Å²) in [5.74, 6) is 0.803. The third kappa shape index (κ3) is 2.78. The molecule has 0 fully saturated rings. The van der Waals surface area contributed by atoms with Gasteiger partial charge in [0.2, 0.25) is 0 Å². The van der Waals surface area contributed by atoms with Gasteiger partial charge in [0, 0.05) is 36.3 Å². The molecule has 3 aromatic rings. The molecule has 0 saturated heterocycles. The Balaban J connectivity index is 1.90. The third-order valence-electron chi connectivity index (χ3n) is 3.57. The lowest BCUT2D eigenvalue weighted by Crippen LogP contribution is -2.11. The molecule has 2 heterocycles. The average molecular weight is 282 g/mol. The number of aliphatic hydroxyl groups excluding tert-OH is 1. The first-order valence-corrected chi connectivity index (χ1v) is 7.17. The van der Waals surface area contributed by atoms with E-state index in [-0.39, 0.29) is 0 Å². The molecule has 0 bridgehead atoms. The summed E-state index contributed by atoms with van der Waals surface area (Å²) in [4.78, 5) is 8.47. The molecule has 3 rings (SSSR count). The molecule has 21 heavy (non-hydrogen) atoms. The predicted octanol–water partition coefficient (Wildman–Crippen LogP) is 2.51. The molecule has 108 valence electrons. The Bertz CT molecular complexity index is 732. The summed E-state index contributed by atoms with van der Waals surface area (Å²) in [5.41, 5.74) is 0.833. The maximum absolute atomic E-state index is 10.6. The van der Waals surface area contributed by atoms with Crippen LogP contribution in [0.25, 0.3) is 10.8 Å². The van der Waals surface area contributed by atoms with E-state index in [0.29, 0.717) is 6.42 Å². The van der Waals surface area contributed by atoms with Crippen molar-refractivity contribution < 1.29 is 5.11 Å². The molecule has 1 atom stereocenters. The maximum atomic E-state index is 10.6. The van der Waals surface area contributed by atoms with Gasteiger partial charge in [-0.05, 0) is 11.8 Å². The summed E-state index contributed by atoms with van der Waals surface area (Å²) < 4.78 is 1.85. The Morgan fingerprint density at radius 1 is 1.24 bits per heavy atom. The minimum atomic E-state index is -0.636. The van der Waals surface area contributed by atoms with Crippen LogP contribution in [0.15, 0.2) is 43.0 Å². The Labute approximate surface area is 123 Å². The van der Waals surface area contributed by atoms with Gasteiger partial charge in [0.05, 0.1) is 6.10 Å². The normalized spacial score (nSPS) is 12.7. The van der Waals surface area contributed by atoms with E-state index in [4.69, 9.17) is 0 Å². The second kappa shape index (κ2) is 6.01. The van der Waals surface area contributed by atoms with Gasteiger partial charge in [-0.2, -0.15) is 5.10 Å². The number of aromatic nitrogens is 4. The van der Waals surface area contributed by atoms with Crippen LogP contribution in [0.5, 0.6) is 0 Å². The molecular formula is C16H18N4O. The Kier molecular flexibility index (Phi) is 3.92. The molecule has 5 heteroatoms. The average Bonchev–Trinajstić information content (AvgIpc) is 2.94. The lowest BCUT2D eigenvalue weighted by Gasteiger charge is -2.13. The minimum absolute atomic E-state index is 0.440. The van der Waals surface area contributed by atoms with Crippen LogP contribution in [0.4, 0.5) is 0 Å². The van der Waals surface area contributed by atoms with Crippen LogP contribution in [0.1, 0.15) is 30.8 Å². The van der Waals surface area contributed by atoms with E-state index >= 15 is 0 Å². The largest absolute Gasteiger partial charge is 0.388 e. The molecule has 1 N–H and O–H groups in total. The van der Waals surface area contributed by atoms with E-state index in [1.165, 1.54) is 0 Å². The third-order valence-corrected chi connectivity index (χ3v) is 3.57. The first kappa shape index (κ1) is 13.7. The molecule has 5 nitrogen and oxygen atoms in total. The molecule has 0 spiro atoms. The van der Waals surface area contributed by atoms with Gasteiger partial charge in [0.25, 0.3) is 0 Å². The van der Waals surface area contributed by atoms with Crippen molar-refractivity contribution in [2.24, 2.45) is 0 Å². The van der Waals surface area contributed by atoms with E-state index in [1.807, 2.05) is 35.1 Å². The number of aryl methyl sites for hydroxylation is 1. The van der Waals surface area contributed by atoms with Gasteiger partial charge in [-0.15, -0.1) is 0 Å². The zero-order valence-corrected chi connectivity index (χ0v) is 12.0. The number of hydrogen-bond donors (Lipinski definition) is 1. The fourth-order valence-electron chi connectivity index (χ4n) is 2.53. The van der Waals surface area contributed by atoms with Crippen molar-refractivity contribution in [2.45, 2.75) is 32.4 Å². The fraction of sp³-hybridized carbons (Fsp3) is 0.312. The van der Waals surface area contributed by atoms with Crippen LogP contribution in [-0.4, -0.2) is 24.9 Å². The number of benzene rings is 1. The standard InChI is InChI=1S/C16H18N4O/c1-2-7-20-16(18-11-19-20)8-15(21)14-10-17-9-12-5-3-4-6-13(12)14/h3-6,9-11,15,21H,2,7-8H2,1H3. The summed E-state index contributed by atoms with van der Waals surface area (Å²) in [5, 5.41) is 16.8. The topological polar surface area (TPSA) is 63.8 Å². The zero-order valence-electron chi connectivity index (χ0n) is 12.0. The van der Waals surface area contributed by atoms with Crippen molar-refractivity contribution in [2.75, 3.05) is 0 Å². The van der Waals surface area contributed by atoms with E-state index < -0.39 is 6.10 Å². The van der Waals surface area contributed by atoms with Gasteiger partial charge in [-0.3, -0.25) is 9.67 Å². The van der Waals surface area contributed by atoms with E-state index in [1.54, 1.807) is 12.5 Å². The van der Waals surface area contributed by atoms with Crippen LogP contribution in [0.2, 0.25) is 0 Å². The highest BCUT2D eigenvalue weighted by molar-refractivity contribution is 5.84. The molecule has 1 unspecified atom stereocenters. The van der Waals surface area contributed by atoms with Gasteiger partial charge in [-0.1, -0.05) is 31.2 Å². The molecule has 0 aliphatic carbocycles. The van der Waals surface area contributed by atoms with E-state index in [9.17, 15) is 5.11 Å². The highest BCUT2D eigenvalue weighted by Crippen LogP contribution is 2.25. The van der Waals surface area contributed by atoms with Crippen molar-refractivity contribution in [3.8, 4) is 0 Å². The summed E-state index contributed by atoms with van der Waals surface area (Å²) in [7, 11) is 0. The molecule has 2 aromatic heterocycles. The summed E-state index contributed by atoms with van der Waals surface area (Å²) in [6, 6.07) is 7.95. The van der Waals surface area contributed by atoms with Crippen molar-refractivity contribution in [3.05, 3.63) is 54.4 Å². The lowest BCUT2D eigenvalue weighted by atomic mass is 10.0. The molecule has 0 radical (unpaired) electrons. The van der Waals surface area contributed by atoms with Crippen molar-refractivity contribution in [3.63, 3.8) is 0 Å². The first-order valence-electron chi connectivity index (χ1n) is 7.17. The van der Waals surface area contributed by atoms with Crippen molar-refractivity contribution in [1.29, 1.82) is 0 Å². The molecular weight excluding hydrogens is 264 g/mol. The number of pyridine rings is 1. The number of aliphatic hydroxyl groups is 1. The molecule has 0 amide bonds. The van der Waals surface area contributed by atoms with Crippen LogP contribution >= 0.6 is 0 Å². The fourth-order valence-corrected chi connectivity index (χ4v) is 2.53. The van der Waals surface area contributed by atoms with Crippen LogP contribution < -0.4 is 0 Å². The highest BCUT2D eigenvalue weighted by Gasteiger charge is 2.15. The van der Waals surface area contributed by atoms with Crippen LogP contribution in [0, 0.1) is 0 Å². The Hall–Kier alpha value is -2.27. The summed E-state index contributed by atoms with van der Waals surface area (Å²) >= 11 is 0. The molecule has 0 aliphatic rings.